The zero-order valence-corrected chi connectivity index (χ0v) is 12.4. The molecule has 0 saturated carbocycles. The van der Waals surface area contributed by atoms with Crippen molar-refractivity contribution >= 4 is 10.0 Å². The molecule has 1 heterocycles. The van der Waals surface area contributed by atoms with Gasteiger partial charge in [-0.2, -0.15) is 5.10 Å². The molecule has 1 rings (SSSR count). The van der Waals surface area contributed by atoms with Crippen molar-refractivity contribution < 1.29 is 8.42 Å². The summed E-state index contributed by atoms with van der Waals surface area (Å²) in [5, 5.41) is 6.36. The summed E-state index contributed by atoms with van der Waals surface area (Å²) in [7, 11) is 0.413. The molecule has 6 nitrogen and oxygen atoms in total. The second kappa shape index (κ2) is 5.81. The van der Waals surface area contributed by atoms with Crippen molar-refractivity contribution in [3.8, 4) is 0 Å². The fraction of sp³-hybridized carbons (Fsp3) is 0.727. The number of sulfonamides is 1. The van der Waals surface area contributed by atoms with E-state index in [2.05, 4.69) is 28.8 Å². The Morgan fingerprint density at radius 1 is 1.44 bits per heavy atom. The molecule has 1 aromatic rings. The minimum Gasteiger partial charge on any atom is -0.305 e. The van der Waals surface area contributed by atoms with Crippen LogP contribution in [0.1, 0.15) is 19.5 Å². The predicted octanol–water partition coefficient (Wildman–Crippen LogP) is 0.583. The third-order valence-corrected chi connectivity index (χ3v) is 4.53. The highest BCUT2D eigenvalue weighted by Crippen LogP contribution is 2.12. The van der Waals surface area contributed by atoms with E-state index in [1.807, 2.05) is 19.0 Å². The molecule has 0 fully saturated rings. The van der Waals surface area contributed by atoms with Crippen LogP contribution in [0.4, 0.5) is 0 Å². The van der Waals surface area contributed by atoms with Gasteiger partial charge in [0.25, 0.3) is 0 Å². The highest BCUT2D eigenvalue weighted by molar-refractivity contribution is 7.89. The van der Waals surface area contributed by atoms with Crippen LogP contribution in [0, 0.1) is 12.8 Å². The van der Waals surface area contributed by atoms with E-state index in [0.717, 1.165) is 0 Å². The largest absolute Gasteiger partial charge is 0.305 e. The zero-order valence-electron chi connectivity index (χ0n) is 11.6. The molecule has 0 spiro atoms. The molecule has 0 amide bonds. The Kier molecular flexibility index (Phi) is 4.89. The fourth-order valence-corrected chi connectivity index (χ4v) is 3.08. The molecule has 18 heavy (non-hydrogen) atoms. The van der Waals surface area contributed by atoms with Crippen molar-refractivity contribution in [1.29, 1.82) is 0 Å². The Labute approximate surface area is 109 Å². The van der Waals surface area contributed by atoms with E-state index in [-0.39, 0.29) is 10.9 Å². The van der Waals surface area contributed by atoms with Crippen molar-refractivity contribution in [2.75, 3.05) is 20.6 Å². The van der Waals surface area contributed by atoms with Crippen LogP contribution in [-0.2, 0) is 10.0 Å². The Balaban J connectivity index is 2.76. The van der Waals surface area contributed by atoms with Crippen molar-refractivity contribution in [3.05, 3.63) is 11.9 Å². The molecule has 0 aromatic carbocycles. The van der Waals surface area contributed by atoms with E-state index in [1.165, 1.54) is 6.20 Å². The molecular formula is C11H22N4O2S. The average molecular weight is 274 g/mol. The van der Waals surface area contributed by atoms with Gasteiger partial charge in [0, 0.05) is 12.6 Å². The van der Waals surface area contributed by atoms with Crippen LogP contribution >= 0.6 is 0 Å². The Morgan fingerprint density at radius 3 is 2.44 bits per heavy atom. The molecule has 0 saturated heterocycles. The standard InChI is InChI=1S/C11H22N4O2S/c1-8(2)10(15(4)5)6-13-18(16,17)11-7-12-14-9(11)3/h7-8,10,13H,6H2,1-5H3,(H,12,14). The first-order valence-electron chi connectivity index (χ1n) is 5.91. The first kappa shape index (κ1) is 15.1. The van der Waals surface area contributed by atoms with E-state index < -0.39 is 10.0 Å². The smallest absolute Gasteiger partial charge is 0.244 e. The van der Waals surface area contributed by atoms with Gasteiger partial charge in [0.2, 0.25) is 10.0 Å². The molecule has 1 aromatic heterocycles. The predicted molar refractivity (Wildman–Crippen MR) is 70.8 cm³/mol. The lowest BCUT2D eigenvalue weighted by molar-refractivity contribution is 0.233. The summed E-state index contributed by atoms with van der Waals surface area (Å²) < 4.78 is 26.8. The number of hydrogen-bond acceptors (Lipinski definition) is 4. The van der Waals surface area contributed by atoms with Gasteiger partial charge >= 0.3 is 0 Å². The maximum absolute atomic E-state index is 12.1. The van der Waals surface area contributed by atoms with Crippen LogP contribution in [0.15, 0.2) is 11.1 Å². The summed E-state index contributed by atoms with van der Waals surface area (Å²) >= 11 is 0. The molecule has 7 heteroatoms. The number of hydrogen-bond donors (Lipinski definition) is 2. The minimum atomic E-state index is -3.48. The monoisotopic (exact) mass is 274 g/mol. The third-order valence-electron chi connectivity index (χ3n) is 2.99. The van der Waals surface area contributed by atoms with Crippen molar-refractivity contribution in [2.24, 2.45) is 5.92 Å². The van der Waals surface area contributed by atoms with E-state index in [9.17, 15) is 8.42 Å². The molecule has 0 aliphatic heterocycles. The summed E-state index contributed by atoms with van der Waals surface area (Å²) in [5.74, 6) is 0.369. The highest BCUT2D eigenvalue weighted by Gasteiger charge is 2.22. The average Bonchev–Trinajstić information content (AvgIpc) is 2.63. The van der Waals surface area contributed by atoms with Gasteiger partial charge in [0.1, 0.15) is 4.90 Å². The van der Waals surface area contributed by atoms with Gasteiger partial charge in [-0.3, -0.25) is 5.10 Å². The number of likely N-dealkylation sites (N-methyl/N-ethyl adjacent to an activating group) is 1. The Hall–Kier alpha value is -0.920. The summed E-state index contributed by atoms with van der Waals surface area (Å²) in [6.45, 7) is 6.22. The molecule has 1 atom stereocenters. The minimum absolute atomic E-state index is 0.159. The van der Waals surface area contributed by atoms with Crippen LogP contribution in [0.25, 0.3) is 0 Å². The van der Waals surface area contributed by atoms with E-state index >= 15 is 0 Å². The summed E-state index contributed by atoms with van der Waals surface area (Å²) in [6, 6.07) is 0.159. The third kappa shape index (κ3) is 3.54. The molecule has 1 unspecified atom stereocenters. The molecular weight excluding hydrogens is 252 g/mol. The highest BCUT2D eigenvalue weighted by atomic mass is 32.2. The molecule has 104 valence electrons. The van der Waals surface area contributed by atoms with Gasteiger partial charge in [-0.15, -0.1) is 0 Å². The second-order valence-corrected chi connectivity index (χ2v) is 6.72. The van der Waals surface area contributed by atoms with E-state index in [4.69, 9.17) is 0 Å². The van der Waals surface area contributed by atoms with E-state index in [0.29, 0.717) is 18.2 Å². The quantitative estimate of drug-likeness (QED) is 0.795. The lowest BCUT2D eigenvalue weighted by atomic mass is 10.0. The SMILES string of the molecule is Cc1[nH]ncc1S(=O)(=O)NCC(C(C)C)N(C)C. The molecule has 0 radical (unpaired) electrons. The molecule has 2 N–H and O–H groups in total. The number of aromatic nitrogens is 2. The second-order valence-electron chi connectivity index (χ2n) is 4.99. The number of nitrogens with zero attached hydrogens (tertiary/aromatic N) is 2. The Bertz CT molecular complexity index is 471. The normalized spacial score (nSPS) is 14.4. The van der Waals surface area contributed by atoms with Gasteiger partial charge in [0.15, 0.2) is 0 Å². The van der Waals surface area contributed by atoms with Gasteiger partial charge in [-0.05, 0) is 26.9 Å². The van der Waals surface area contributed by atoms with E-state index in [1.54, 1.807) is 6.92 Å². The van der Waals surface area contributed by atoms with Gasteiger partial charge in [-0.1, -0.05) is 13.8 Å². The van der Waals surface area contributed by atoms with Gasteiger partial charge < -0.3 is 4.90 Å². The van der Waals surface area contributed by atoms with Crippen LogP contribution in [0.3, 0.4) is 0 Å². The van der Waals surface area contributed by atoms with Gasteiger partial charge in [-0.25, -0.2) is 13.1 Å². The zero-order chi connectivity index (χ0) is 13.9. The van der Waals surface area contributed by atoms with Crippen molar-refractivity contribution in [1.82, 2.24) is 19.8 Å². The lowest BCUT2D eigenvalue weighted by Crippen LogP contribution is -2.43. The first-order valence-corrected chi connectivity index (χ1v) is 7.40. The molecule has 0 bridgehead atoms. The topological polar surface area (TPSA) is 78.1 Å². The van der Waals surface area contributed by atoms with Crippen LogP contribution < -0.4 is 4.72 Å². The lowest BCUT2D eigenvalue weighted by Gasteiger charge is -2.27. The molecule has 0 aliphatic carbocycles. The van der Waals surface area contributed by atoms with Crippen molar-refractivity contribution in [3.63, 3.8) is 0 Å². The number of aryl methyl sites for hydroxylation is 1. The summed E-state index contributed by atoms with van der Waals surface area (Å²) in [5.41, 5.74) is 0.549. The van der Waals surface area contributed by atoms with Crippen molar-refractivity contribution in [2.45, 2.75) is 31.7 Å². The first-order chi connectivity index (χ1) is 8.25. The van der Waals surface area contributed by atoms with Gasteiger partial charge in [0.05, 0.1) is 11.9 Å². The molecule has 0 aliphatic rings. The number of H-pyrrole nitrogens is 1. The maximum Gasteiger partial charge on any atom is 0.244 e. The van der Waals surface area contributed by atoms with Crippen LogP contribution in [0.5, 0.6) is 0 Å². The summed E-state index contributed by atoms with van der Waals surface area (Å²) in [6.07, 6.45) is 1.33. The number of aromatic amines is 1. The number of rotatable bonds is 6. The van der Waals surface area contributed by atoms with Crippen LogP contribution in [-0.4, -0.2) is 50.2 Å². The Morgan fingerprint density at radius 2 is 2.06 bits per heavy atom. The maximum atomic E-state index is 12.1. The fourth-order valence-electron chi connectivity index (χ4n) is 1.90. The van der Waals surface area contributed by atoms with Crippen LogP contribution in [0.2, 0.25) is 0 Å². The number of nitrogens with one attached hydrogen (secondary N) is 2. The summed E-state index contributed by atoms with van der Waals surface area (Å²) in [4.78, 5) is 2.24.